The van der Waals surface area contributed by atoms with Gasteiger partial charge in [0, 0.05) is 22.0 Å². The number of furan rings is 1. The first-order chi connectivity index (χ1) is 12.0. The Morgan fingerprint density at radius 3 is 2.84 bits per heavy atom. The lowest BCUT2D eigenvalue weighted by Gasteiger charge is -2.03. The number of benzene rings is 2. The SMILES string of the molecule is O=c1c2cc(Br)ccc2nnn1Cc1cc2cc([N+](=O)[O-])ccc2o1. The summed E-state index contributed by atoms with van der Waals surface area (Å²) < 4.78 is 7.60. The molecule has 4 aromatic rings. The van der Waals surface area contributed by atoms with Crippen LogP contribution in [0.15, 0.2) is 56.1 Å². The topological polar surface area (TPSA) is 104 Å². The summed E-state index contributed by atoms with van der Waals surface area (Å²) in [5, 5.41) is 19.8. The Hall–Kier alpha value is -3.07. The van der Waals surface area contributed by atoms with Gasteiger partial charge in [0.25, 0.3) is 11.2 Å². The van der Waals surface area contributed by atoms with Crippen LogP contribution in [0, 0.1) is 10.1 Å². The number of nitro groups is 1. The minimum absolute atomic E-state index is 0.0210. The van der Waals surface area contributed by atoms with Crippen LogP contribution in [0.2, 0.25) is 0 Å². The lowest BCUT2D eigenvalue weighted by Crippen LogP contribution is -2.24. The van der Waals surface area contributed by atoms with E-state index in [9.17, 15) is 14.9 Å². The van der Waals surface area contributed by atoms with E-state index in [-0.39, 0.29) is 17.8 Å². The number of non-ortho nitro benzene ring substituents is 1. The van der Waals surface area contributed by atoms with Gasteiger partial charge in [-0.25, -0.2) is 4.68 Å². The molecule has 0 saturated carbocycles. The van der Waals surface area contributed by atoms with Gasteiger partial charge in [0.15, 0.2) is 0 Å². The molecule has 0 aliphatic heterocycles. The molecule has 2 heterocycles. The van der Waals surface area contributed by atoms with E-state index in [2.05, 4.69) is 26.2 Å². The predicted molar refractivity (Wildman–Crippen MR) is 93.5 cm³/mol. The zero-order valence-electron chi connectivity index (χ0n) is 12.5. The Balaban J connectivity index is 1.76. The fraction of sp³-hybridized carbons (Fsp3) is 0.0625. The van der Waals surface area contributed by atoms with Crippen molar-refractivity contribution in [3.05, 3.63) is 73.2 Å². The average Bonchev–Trinajstić information content (AvgIpc) is 2.99. The van der Waals surface area contributed by atoms with Crippen molar-refractivity contribution in [2.24, 2.45) is 0 Å². The molecule has 2 aromatic carbocycles. The third kappa shape index (κ3) is 2.78. The van der Waals surface area contributed by atoms with Crippen molar-refractivity contribution in [1.29, 1.82) is 0 Å². The molecule has 0 bridgehead atoms. The zero-order chi connectivity index (χ0) is 17.6. The number of aromatic nitrogens is 3. The Labute approximate surface area is 147 Å². The van der Waals surface area contributed by atoms with Crippen molar-refractivity contribution < 1.29 is 9.34 Å². The van der Waals surface area contributed by atoms with Gasteiger partial charge in [0.2, 0.25) is 0 Å². The molecule has 0 saturated heterocycles. The van der Waals surface area contributed by atoms with Gasteiger partial charge in [-0.15, -0.1) is 5.10 Å². The molecule has 0 atom stereocenters. The van der Waals surface area contributed by atoms with Crippen molar-refractivity contribution >= 4 is 43.5 Å². The lowest BCUT2D eigenvalue weighted by molar-refractivity contribution is -0.384. The second-order valence-electron chi connectivity index (χ2n) is 5.41. The summed E-state index contributed by atoms with van der Waals surface area (Å²) in [6.45, 7) is 0.0801. The number of hydrogen-bond donors (Lipinski definition) is 0. The van der Waals surface area contributed by atoms with Crippen molar-refractivity contribution in [1.82, 2.24) is 15.0 Å². The molecule has 0 spiro atoms. The Bertz CT molecular complexity index is 1200. The fourth-order valence-electron chi connectivity index (χ4n) is 2.58. The highest BCUT2D eigenvalue weighted by Gasteiger charge is 2.12. The molecular formula is C16H9BrN4O4. The number of halogens is 1. The number of nitro benzene ring substituents is 1. The molecule has 0 unspecified atom stereocenters. The summed E-state index contributed by atoms with van der Waals surface area (Å²) in [6.07, 6.45) is 0. The maximum absolute atomic E-state index is 12.6. The Kier molecular flexibility index (Phi) is 3.57. The van der Waals surface area contributed by atoms with Crippen molar-refractivity contribution in [3.63, 3.8) is 0 Å². The summed E-state index contributed by atoms with van der Waals surface area (Å²) in [4.78, 5) is 22.9. The molecule has 0 fully saturated rings. The van der Waals surface area contributed by atoms with E-state index in [4.69, 9.17) is 4.42 Å². The zero-order valence-corrected chi connectivity index (χ0v) is 14.1. The van der Waals surface area contributed by atoms with Gasteiger partial charge in [0.1, 0.15) is 23.4 Å². The summed E-state index contributed by atoms with van der Waals surface area (Å²) in [6, 6.07) is 11.2. The summed E-state index contributed by atoms with van der Waals surface area (Å²) in [7, 11) is 0. The van der Waals surface area contributed by atoms with Crippen LogP contribution in [-0.2, 0) is 6.54 Å². The highest BCUT2D eigenvalue weighted by molar-refractivity contribution is 9.10. The number of hydrogen-bond acceptors (Lipinski definition) is 6. The molecule has 0 amide bonds. The van der Waals surface area contributed by atoms with Crippen LogP contribution in [0.25, 0.3) is 21.9 Å². The normalized spacial score (nSPS) is 11.2. The van der Waals surface area contributed by atoms with Crippen LogP contribution in [0.1, 0.15) is 5.76 Å². The van der Waals surface area contributed by atoms with Gasteiger partial charge < -0.3 is 4.42 Å². The molecule has 8 nitrogen and oxygen atoms in total. The first-order valence-corrected chi connectivity index (χ1v) is 8.00. The predicted octanol–water partition coefficient (Wildman–Crippen LogP) is 3.26. The fourth-order valence-corrected chi connectivity index (χ4v) is 2.94. The van der Waals surface area contributed by atoms with Crippen molar-refractivity contribution in [2.45, 2.75) is 6.54 Å². The first-order valence-electron chi connectivity index (χ1n) is 7.21. The number of fused-ring (bicyclic) bond motifs is 2. The van der Waals surface area contributed by atoms with Gasteiger partial charge in [0.05, 0.1) is 10.3 Å². The second-order valence-corrected chi connectivity index (χ2v) is 6.32. The van der Waals surface area contributed by atoms with Gasteiger partial charge in [-0.05, 0) is 30.3 Å². The summed E-state index contributed by atoms with van der Waals surface area (Å²) >= 11 is 3.33. The molecule has 0 aliphatic rings. The van der Waals surface area contributed by atoms with Crippen LogP contribution >= 0.6 is 15.9 Å². The van der Waals surface area contributed by atoms with Gasteiger partial charge in [-0.1, -0.05) is 21.1 Å². The van der Waals surface area contributed by atoms with E-state index < -0.39 is 4.92 Å². The molecule has 0 aliphatic carbocycles. The summed E-state index contributed by atoms with van der Waals surface area (Å²) in [5.41, 5.74) is 0.694. The highest BCUT2D eigenvalue weighted by Crippen LogP contribution is 2.24. The first kappa shape index (κ1) is 15.5. The lowest BCUT2D eigenvalue weighted by atomic mass is 10.2. The third-order valence-electron chi connectivity index (χ3n) is 3.75. The average molecular weight is 401 g/mol. The molecule has 2 aromatic heterocycles. The molecule has 4 rings (SSSR count). The minimum atomic E-state index is -0.469. The number of nitrogens with zero attached hydrogens (tertiary/aromatic N) is 4. The molecular weight excluding hydrogens is 392 g/mol. The van der Waals surface area contributed by atoms with Crippen molar-refractivity contribution in [3.8, 4) is 0 Å². The Morgan fingerprint density at radius 1 is 1.20 bits per heavy atom. The van der Waals surface area contributed by atoms with Crippen LogP contribution in [0.5, 0.6) is 0 Å². The number of rotatable bonds is 3. The molecule has 9 heteroatoms. The highest BCUT2D eigenvalue weighted by atomic mass is 79.9. The second kappa shape index (κ2) is 5.78. The molecule has 124 valence electrons. The van der Waals surface area contributed by atoms with Crippen LogP contribution in [0.4, 0.5) is 5.69 Å². The standard InChI is InChI=1S/C16H9BrN4O4/c17-10-1-3-14-13(7-10)16(22)20(19-18-14)8-12-6-9-5-11(21(23)24)2-4-15(9)25-12/h1-7H,8H2. The maximum Gasteiger partial charge on any atom is 0.278 e. The van der Waals surface area contributed by atoms with Gasteiger partial charge in [-0.3, -0.25) is 14.9 Å². The van der Waals surface area contributed by atoms with E-state index in [0.717, 1.165) is 4.47 Å². The molecule has 0 N–H and O–H groups in total. The van der Waals surface area contributed by atoms with Gasteiger partial charge >= 0.3 is 0 Å². The van der Waals surface area contributed by atoms with Crippen LogP contribution in [0.3, 0.4) is 0 Å². The van der Waals surface area contributed by atoms with Crippen LogP contribution < -0.4 is 5.56 Å². The van der Waals surface area contributed by atoms with E-state index in [1.54, 1.807) is 24.3 Å². The maximum atomic E-state index is 12.6. The van der Waals surface area contributed by atoms with Crippen molar-refractivity contribution in [2.75, 3.05) is 0 Å². The smallest absolute Gasteiger partial charge is 0.278 e. The molecule has 0 radical (unpaired) electrons. The van der Waals surface area contributed by atoms with Gasteiger partial charge in [-0.2, -0.15) is 0 Å². The Morgan fingerprint density at radius 2 is 2.04 bits per heavy atom. The van der Waals surface area contributed by atoms with E-state index in [1.807, 2.05) is 0 Å². The monoisotopic (exact) mass is 400 g/mol. The van der Waals surface area contributed by atoms with E-state index in [0.29, 0.717) is 27.6 Å². The van der Waals surface area contributed by atoms with E-state index >= 15 is 0 Å². The largest absolute Gasteiger partial charge is 0.459 e. The summed E-state index contributed by atoms with van der Waals surface area (Å²) in [5.74, 6) is 0.459. The quantitative estimate of drug-likeness (QED) is 0.386. The minimum Gasteiger partial charge on any atom is -0.459 e. The third-order valence-corrected chi connectivity index (χ3v) is 4.24. The van der Waals surface area contributed by atoms with E-state index in [1.165, 1.54) is 22.9 Å². The van der Waals surface area contributed by atoms with Crippen LogP contribution in [-0.4, -0.2) is 19.9 Å². The molecule has 25 heavy (non-hydrogen) atoms.